The van der Waals surface area contributed by atoms with E-state index in [1.54, 1.807) is 30.6 Å². The summed E-state index contributed by atoms with van der Waals surface area (Å²) >= 11 is 1.61. The third-order valence-electron chi connectivity index (χ3n) is 3.53. The highest BCUT2D eigenvalue weighted by Gasteiger charge is 2.06. The molecule has 0 aliphatic heterocycles. The molecule has 2 aromatic rings. The molecule has 0 bridgehead atoms. The van der Waals surface area contributed by atoms with Crippen molar-refractivity contribution in [1.82, 2.24) is 15.6 Å². The molecule has 0 aliphatic carbocycles. The second kappa shape index (κ2) is 12.1. The van der Waals surface area contributed by atoms with Crippen LogP contribution in [-0.2, 0) is 24.4 Å². The van der Waals surface area contributed by atoms with Crippen molar-refractivity contribution < 1.29 is 9.13 Å². The molecule has 9 heteroatoms. The van der Waals surface area contributed by atoms with Crippen molar-refractivity contribution in [1.29, 1.82) is 0 Å². The normalized spacial score (nSPS) is 11.1. The summed E-state index contributed by atoms with van der Waals surface area (Å²) in [4.78, 5) is 11.1. The molecule has 1 aromatic carbocycles. The Balaban J connectivity index is 0.00000364. The molecule has 0 radical (unpaired) electrons. The minimum Gasteiger partial charge on any atom is -0.380 e. The van der Waals surface area contributed by atoms with E-state index < -0.39 is 0 Å². The van der Waals surface area contributed by atoms with E-state index in [-0.39, 0.29) is 36.4 Å². The summed E-state index contributed by atoms with van der Waals surface area (Å²) in [5, 5.41) is 9.49. The largest absolute Gasteiger partial charge is 0.380 e. The minimum atomic E-state index is -0.259. The van der Waals surface area contributed by atoms with Crippen LogP contribution in [0.15, 0.2) is 28.6 Å². The first kappa shape index (κ1) is 23.6. The van der Waals surface area contributed by atoms with Crippen molar-refractivity contribution in [2.24, 2.45) is 4.99 Å². The third-order valence-corrected chi connectivity index (χ3v) is 4.59. The van der Waals surface area contributed by atoms with Gasteiger partial charge in [-0.3, -0.25) is 0 Å². The highest BCUT2D eigenvalue weighted by molar-refractivity contribution is 14.0. The number of hydrogen-bond donors (Lipinski definition) is 2. The molecule has 0 atom stereocenters. The number of methoxy groups -OCH3 is 1. The van der Waals surface area contributed by atoms with Crippen LogP contribution in [0.3, 0.4) is 0 Å². The standard InChI is InChI=1S/C18H26FN5OS.HI/c1-5-20-17(22-10-15-12-26-18(23-15)24(2)3)21-9-13-6-7-16(19)14(8-13)11-25-4;/h6-8,12H,5,9-11H2,1-4H3,(H2,20,21,22);1H. The van der Waals surface area contributed by atoms with E-state index in [0.29, 0.717) is 24.6 Å². The molecular weight excluding hydrogens is 480 g/mol. The Morgan fingerprint density at radius 1 is 1.33 bits per heavy atom. The second-order valence-corrected chi connectivity index (χ2v) is 6.76. The van der Waals surface area contributed by atoms with Gasteiger partial charge in [0.2, 0.25) is 0 Å². The van der Waals surface area contributed by atoms with Gasteiger partial charge in [0, 0.05) is 38.7 Å². The fraction of sp³-hybridized carbons (Fsp3) is 0.444. The summed E-state index contributed by atoms with van der Waals surface area (Å²) in [5.74, 6) is 0.439. The van der Waals surface area contributed by atoms with Crippen molar-refractivity contribution in [3.8, 4) is 0 Å². The van der Waals surface area contributed by atoms with Crippen LogP contribution in [0.1, 0.15) is 23.7 Å². The van der Waals surface area contributed by atoms with Gasteiger partial charge in [-0.25, -0.2) is 14.4 Å². The van der Waals surface area contributed by atoms with E-state index in [4.69, 9.17) is 4.74 Å². The van der Waals surface area contributed by atoms with Crippen LogP contribution < -0.4 is 15.5 Å². The molecule has 2 N–H and O–H groups in total. The molecule has 150 valence electrons. The van der Waals surface area contributed by atoms with Crippen LogP contribution in [0.4, 0.5) is 9.52 Å². The molecule has 0 unspecified atom stereocenters. The van der Waals surface area contributed by atoms with E-state index in [0.717, 1.165) is 22.9 Å². The molecular formula is C18H27FIN5OS. The zero-order valence-electron chi connectivity index (χ0n) is 16.1. The van der Waals surface area contributed by atoms with Crippen LogP contribution in [0.25, 0.3) is 0 Å². The number of aliphatic imine (C=N–C) groups is 1. The lowest BCUT2D eigenvalue weighted by Gasteiger charge is -2.11. The Morgan fingerprint density at radius 2 is 2.11 bits per heavy atom. The van der Waals surface area contributed by atoms with Gasteiger partial charge in [-0.1, -0.05) is 6.07 Å². The fourth-order valence-corrected chi connectivity index (χ4v) is 3.02. The third kappa shape index (κ3) is 7.59. The molecule has 0 fully saturated rings. The Bertz CT molecular complexity index is 738. The maximum absolute atomic E-state index is 13.7. The average molecular weight is 507 g/mol. The summed E-state index contributed by atoms with van der Waals surface area (Å²) in [5.41, 5.74) is 2.43. The van der Waals surface area contributed by atoms with Gasteiger partial charge >= 0.3 is 0 Å². The van der Waals surface area contributed by atoms with Crippen molar-refractivity contribution in [3.63, 3.8) is 0 Å². The minimum absolute atomic E-state index is 0. The summed E-state index contributed by atoms with van der Waals surface area (Å²) in [6.45, 7) is 4.06. The SMILES string of the molecule is CCNC(=NCc1ccc(F)c(COC)c1)NCc1csc(N(C)C)n1.I. The topological polar surface area (TPSA) is 61.8 Å². The van der Waals surface area contributed by atoms with E-state index in [1.165, 1.54) is 6.07 Å². The number of thiazole rings is 1. The Kier molecular flexibility index (Phi) is 10.6. The smallest absolute Gasteiger partial charge is 0.191 e. The van der Waals surface area contributed by atoms with Gasteiger partial charge in [-0.2, -0.15) is 0 Å². The van der Waals surface area contributed by atoms with Gasteiger partial charge in [0.25, 0.3) is 0 Å². The van der Waals surface area contributed by atoms with Crippen LogP contribution >= 0.6 is 35.3 Å². The molecule has 6 nitrogen and oxygen atoms in total. The Hall–Kier alpha value is -1.46. The number of halogens is 2. The molecule has 1 heterocycles. The van der Waals surface area contributed by atoms with Crippen molar-refractivity contribution in [2.75, 3.05) is 32.6 Å². The zero-order valence-corrected chi connectivity index (χ0v) is 19.2. The number of ether oxygens (including phenoxy) is 1. The Morgan fingerprint density at radius 3 is 2.74 bits per heavy atom. The molecule has 2 rings (SSSR count). The lowest BCUT2D eigenvalue weighted by molar-refractivity contribution is 0.181. The van der Waals surface area contributed by atoms with Crippen LogP contribution in [0.2, 0.25) is 0 Å². The van der Waals surface area contributed by atoms with Crippen molar-refractivity contribution >= 4 is 46.4 Å². The van der Waals surface area contributed by atoms with Gasteiger partial charge < -0.3 is 20.3 Å². The van der Waals surface area contributed by atoms with Gasteiger partial charge in [0.15, 0.2) is 11.1 Å². The maximum Gasteiger partial charge on any atom is 0.191 e. The van der Waals surface area contributed by atoms with E-state index in [2.05, 4.69) is 20.6 Å². The van der Waals surface area contributed by atoms with E-state index in [1.807, 2.05) is 31.3 Å². The van der Waals surface area contributed by atoms with Crippen LogP contribution in [0, 0.1) is 5.82 Å². The first-order valence-electron chi connectivity index (χ1n) is 8.43. The second-order valence-electron chi connectivity index (χ2n) is 5.92. The van der Waals surface area contributed by atoms with Crippen molar-refractivity contribution in [3.05, 3.63) is 46.2 Å². The number of hydrogen-bond acceptors (Lipinski definition) is 5. The van der Waals surface area contributed by atoms with Gasteiger partial charge in [0.05, 0.1) is 25.4 Å². The van der Waals surface area contributed by atoms with Gasteiger partial charge in [-0.15, -0.1) is 35.3 Å². The molecule has 0 amide bonds. The summed E-state index contributed by atoms with van der Waals surface area (Å²) in [6, 6.07) is 4.98. The summed E-state index contributed by atoms with van der Waals surface area (Å²) < 4.78 is 18.7. The van der Waals surface area contributed by atoms with Gasteiger partial charge in [-0.05, 0) is 24.6 Å². The predicted octanol–water partition coefficient (Wildman–Crippen LogP) is 3.37. The number of rotatable bonds is 8. The molecule has 0 spiro atoms. The first-order chi connectivity index (χ1) is 12.5. The molecule has 0 aliphatic rings. The number of nitrogens with zero attached hydrogens (tertiary/aromatic N) is 3. The molecule has 1 aromatic heterocycles. The lowest BCUT2D eigenvalue weighted by atomic mass is 10.1. The Labute approximate surface area is 181 Å². The monoisotopic (exact) mass is 507 g/mol. The van der Waals surface area contributed by atoms with Crippen molar-refractivity contribution in [2.45, 2.75) is 26.6 Å². The van der Waals surface area contributed by atoms with Crippen LogP contribution in [0.5, 0.6) is 0 Å². The van der Waals surface area contributed by atoms with E-state index in [9.17, 15) is 4.39 Å². The fourth-order valence-electron chi connectivity index (χ4n) is 2.26. The van der Waals surface area contributed by atoms with Crippen LogP contribution in [-0.4, -0.2) is 38.7 Å². The summed E-state index contributed by atoms with van der Waals surface area (Å²) in [6.07, 6.45) is 0. The maximum atomic E-state index is 13.7. The lowest BCUT2D eigenvalue weighted by Crippen LogP contribution is -2.36. The molecule has 0 saturated heterocycles. The number of benzene rings is 1. The first-order valence-corrected chi connectivity index (χ1v) is 9.31. The van der Waals surface area contributed by atoms with E-state index >= 15 is 0 Å². The number of guanidine groups is 1. The highest BCUT2D eigenvalue weighted by atomic mass is 127. The molecule has 27 heavy (non-hydrogen) atoms. The number of anilines is 1. The highest BCUT2D eigenvalue weighted by Crippen LogP contribution is 2.17. The average Bonchev–Trinajstić information content (AvgIpc) is 3.09. The number of aromatic nitrogens is 1. The van der Waals surface area contributed by atoms with Gasteiger partial charge in [0.1, 0.15) is 5.82 Å². The molecule has 0 saturated carbocycles. The zero-order chi connectivity index (χ0) is 18.9. The summed E-state index contributed by atoms with van der Waals surface area (Å²) in [7, 11) is 5.50. The number of nitrogens with one attached hydrogen (secondary N) is 2. The quantitative estimate of drug-likeness (QED) is 0.326. The predicted molar refractivity (Wildman–Crippen MR) is 121 cm³/mol.